The molecule has 6 heteroatoms. The molecule has 0 bridgehead atoms. The molecule has 0 heterocycles. The van der Waals surface area contributed by atoms with Crippen LogP contribution in [0.4, 0.5) is 0 Å². The summed E-state index contributed by atoms with van der Waals surface area (Å²) in [6.07, 6.45) is 10.1. The van der Waals surface area contributed by atoms with Gasteiger partial charge >= 0.3 is 103 Å². The summed E-state index contributed by atoms with van der Waals surface area (Å²) < 4.78 is 0. The molecule has 106 valence electrons. The van der Waals surface area contributed by atoms with Gasteiger partial charge in [0.05, 0.1) is 11.9 Å². The van der Waals surface area contributed by atoms with Gasteiger partial charge in [-0.2, -0.15) is 0 Å². The van der Waals surface area contributed by atoms with Gasteiger partial charge in [0, 0.05) is 5.92 Å². The van der Waals surface area contributed by atoms with Crippen molar-refractivity contribution in [2.75, 3.05) is 0 Å². The smallest absolute Gasteiger partial charge is 0.549 e. The number of carbonyl (C=O) groups is 2. The molecule has 0 spiro atoms. The number of carboxylic acid groups (broad SMARTS) is 2. The zero-order valence-electron chi connectivity index (χ0n) is 13.3. The van der Waals surface area contributed by atoms with Crippen molar-refractivity contribution in [3.63, 3.8) is 0 Å². The van der Waals surface area contributed by atoms with Gasteiger partial charge in [-0.25, -0.2) is 0 Å². The number of rotatable bonds is 12. The molecule has 0 saturated carbocycles. The van der Waals surface area contributed by atoms with E-state index in [-0.39, 0.29) is 109 Å². The molecule has 0 N–H and O–H groups in total. The summed E-state index contributed by atoms with van der Waals surface area (Å²) in [5, 5.41) is 21.0. The van der Waals surface area contributed by atoms with Gasteiger partial charge in [-0.3, -0.25) is 0 Å². The van der Waals surface area contributed by atoms with E-state index < -0.39 is 17.9 Å². The van der Waals surface area contributed by atoms with Gasteiger partial charge in [0.15, 0.2) is 0 Å². The number of aliphatic carboxylic acids is 2. The van der Waals surface area contributed by atoms with Crippen LogP contribution in [0.15, 0.2) is 0 Å². The Morgan fingerprint density at radius 1 is 0.750 bits per heavy atom. The van der Waals surface area contributed by atoms with E-state index in [1.54, 1.807) is 0 Å². The Morgan fingerprint density at radius 3 is 1.45 bits per heavy atom. The second-order valence-electron chi connectivity index (χ2n) is 4.81. The van der Waals surface area contributed by atoms with E-state index in [0.29, 0.717) is 6.42 Å². The fourth-order valence-electron chi connectivity index (χ4n) is 1.99. The third kappa shape index (κ3) is 16.6. The summed E-state index contributed by atoms with van der Waals surface area (Å²) in [5.74, 6) is -4.52. The Kier molecular flexibility index (Phi) is 26.1. The maximum atomic E-state index is 10.5. The molecule has 0 aromatic rings. The number of hydrogen-bond donors (Lipinski definition) is 0. The van der Waals surface area contributed by atoms with Crippen LogP contribution < -0.4 is 113 Å². The molecule has 0 radical (unpaired) electrons. The first kappa shape index (κ1) is 27.1. The summed E-state index contributed by atoms with van der Waals surface area (Å²) in [6.45, 7) is 2.19. The topological polar surface area (TPSA) is 80.3 Å². The molecular weight excluding hydrogens is 310 g/mol. The maximum absolute atomic E-state index is 10.5. The minimum atomic E-state index is -1.53. The van der Waals surface area contributed by atoms with Crippen LogP contribution in [0.3, 0.4) is 0 Å². The summed E-state index contributed by atoms with van der Waals surface area (Å²) in [4.78, 5) is 21.0. The summed E-state index contributed by atoms with van der Waals surface area (Å²) in [7, 11) is 0. The van der Waals surface area contributed by atoms with Crippen molar-refractivity contribution < 1.29 is 123 Å². The van der Waals surface area contributed by atoms with Gasteiger partial charge in [-0.05, 0) is 6.42 Å². The molecule has 0 atom stereocenters. The molecule has 0 rings (SSSR count). The van der Waals surface area contributed by atoms with Gasteiger partial charge in [-0.15, -0.1) is 0 Å². The average molecular weight is 335 g/mol. The molecule has 0 amide bonds. The fourth-order valence-corrected chi connectivity index (χ4v) is 1.99. The van der Waals surface area contributed by atoms with E-state index >= 15 is 0 Å². The number of carboxylic acids is 2. The first-order chi connectivity index (χ1) is 8.59. The van der Waals surface area contributed by atoms with Crippen LogP contribution >= 0.6 is 0 Å². The first-order valence-electron chi connectivity index (χ1n) is 7.01. The van der Waals surface area contributed by atoms with Gasteiger partial charge in [0.1, 0.15) is 0 Å². The second-order valence-corrected chi connectivity index (χ2v) is 4.81. The van der Waals surface area contributed by atoms with Crippen LogP contribution in [0.25, 0.3) is 0 Å². The molecule has 0 aliphatic rings. The van der Waals surface area contributed by atoms with Gasteiger partial charge in [0.25, 0.3) is 0 Å². The molecule has 0 saturated heterocycles. The third-order valence-corrected chi connectivity index (χ3v) is 3.17. The van der Waals surface area contributed by atoms with E-state index in [2.05, 4.69) is 6.92 Å². The van der Waals surface area contributed by atoms with Crippen LogP contribution in [-0.4, -0.2) is 11.9 Å². The van der Waals surface area contributed by atoms with Gasteiger partial charge < -0.3 is 19.8 Å². The zero-order valence-corrected chi connectivity index (χ0v) is 19.5. The van der Waals surface area contributed by atoms with E-state index in [4.69, 9.17) is 0 Å². The van der Waals surface area contributed by atoms with Crippen molar-refractivity contribution in [3.05, 3.63) is 0 Å². The van der Waals surface area contributed by atoms with Crippen LogP contribution in [-0.2, 0) is 9.59 Å². The Balaban J connectivity index is -0.00000144. The predicted octanol–water partition coefficient (Wildman–Crippen LogP) is -4.97. The Morgan fingerprint density at radius 2 is 1.10 bits per heavy atom. The minimum Gasteiger partial charge on any atom is -0.549 e. The molecule has 0 aromatic heterocycles. The van der Waals surface area contributed by atoms with Crippen LogP contribution in [0.5, 0.6) is 0 Å². The SMILES string of the molecule is CCCCCCCCCCCC(C(=O)[O-])C(=O)[O-].[K+].[K+]. The normalized spacial score (nSPS) is 9.70. The Bertz CT molecular complexity index is 233. The van der Waals surface area contributed by atoms with Crippen molar-refractivity contribution in [3.8, 4) is 0 Å². The standard InChI is InChI=1S/C14H26O4.2K/c1-2-3-4-5-6-7-8-9-10-11-12(13(15)16)14(17)18;;/h12H,2-11H2,1H3,(H,15,16)(H,17,18);;/q;2*+1/p-2. The molecule has 0 aliphatic carbocycles. The third-order valence-electron chi connectivity index (χ3n) is 3.17. The van der Waals surface area contributed by atoms with Crippen molar-refractivity contribution in [1.29, 1.82) is 0 Å². The maximum Gasteiger partial charge on any atom is 1.00 e. The van der Waals surface area contributed by atoms with E-state index in [9.17, 15) is 19.8 Å². The summed E-state index contributed by atoms with van der Waals surface area (Å²) in [6, 6.07) is 0. The molecule has 0 fully saturated rings. The minimum absolute atomic E-state index is 0. The van der Waals surface area contributed by atoms with Crippen LogP contribution in [0, 0.1) is 5.92 Å². The molecular formula is C14H24K2O4. The average Bonchev–Trinajstić information content (AvgIpc) is 2.30. The second kappa shape index (κ2) is 19.3. The van der Waals surface area contributed by atoms with Crippen molar-refractivity contribution in [2.24, 2.45) is 5.92 Å². The van der Waals surface area contributed by atoms with Crippen molar-refractivity contribution in [1.82, 2.24) is 0 Å². The van der Waals surface area contributed by atoms with Gasteiger partial charge in [-0.1, -0.05) is 64.7 Å². The molecule has 4 nitrogen and oxygen atoms in total. The molecule has 0 unspecified atom stereocenters. The van der Waals surface area contributed by atoms with E-state index in [0.717, 1.165) is 19.3 Å². The summed E-state index contributed by atoms with van der Waals surface area (Å²) >= 11 is 0. The first-order valence-corrected chi connectivity index (χ1v) is 7.01. The quantitative estimate of drug-likeness (QED) is 0.203. The molecule has 0 aromatic carbocycles. The zero-order chi connectivity index (χ0) is 13.8. The van der Waals surface area contributed by atoms with E-state index in [1.165, 1.54) is 32.1 Å². The molecule has 0 aliphatic heterocycles. The van der Waals surface area contributed by atoms with Gasteiger partial charge in [0.2, 0.25) is 0 Å². The van der Waals surface area contributed by atoms with Crippen LogP contribution in [0.2, 0.25) is 0 Å². The van der Waals surface area contributed by atoms with E-state index in [1.807, 2.05) is 0 Å². The predicted molar refractivity (Wildman–Crippen MR) is 65.3 cm³/mol. The number of unbranched alkanes of at least 4 members (excludes halogenated alkanes) is 8. The monoisotopic (exact) mass is 334 g/mol. The van der Waals surface area contributed by atoms with Crippen molar-refractivity contribution in [2.45, 2.75) is 71.1 Å². The fraction of sp³-hybridized carbons (Fsp3) is 0.857. The van der Waals surface area contributed by atoms with Crippen LogP contribution in [0.1, 0.15) is 71.1 Å². The number of hydrogen-bond acceptors (Lipinski definition) is 4. The molecule has 20 heavy (non-hydrogen) atoms. The van der Waals surface area contributed by atoms with Crippen molar-refractivity contribution >= 4 is 11.9 Å². The number of carbonyl (C=O) groups excluding carboxylic acids is 2. The largest absolute Gasteiger partial charge is 1.00 e. The Hall–Kier alpha value is 2.21. The summed E-state index contributed by atoms with van der Waals surface area (Å²) in [5.41, 5.74) is 0. The Labute approximate surface area is 207 Å².